The molecule has 5 nitrogen and oxygen atoms in total. The number of nitrogens with two attached hydrogens (primary N) is 1. The lowest BCUT2D eigenvalue weighted by Crippen LogP contribution is -2.31. The van der Waals surface area contributed by atoms with E-state index in [1.54, 1.807) is 12.1 Å². The number of hydrogen-bond donors (Lipinski definition) is 2. The van der Waals surface area contributed by atoms with Gasteiger partial charge in [0, 0.05) is 19.1 Å². The van der Waals surface area contributed by atoms with Gasteiger partial charge in [0.05, 0.1) is 11.9 Å². The van der Waals surface area contributed by atoms with Crippen molar-refractivity contribution in [3.63, 3.8) is 0 Å². The summed E-state index contributed by atoms with van der Waals surface area (Å²) >= 11 is 0. The highest BCUT2D eigenvalue weighted by Crippen LogP contribution is 2.31. The molecule has 0 radical (unpaired) electrons. The number of hydrogen-bond acceptors (Lipinski definition) is 4. The molecule has 3 rings (SSSR count). The van der Waals surface area contributed by atoms with Gasteiger partial charge in [-0.1, -0.05) is 0 Å². The van der Waals surface area contributed by atoms with Gasteiger partial charge in [-0.05, 0) is 43.9 Å². The first kappa shape index (κ1) is 12.4. The second kappa shape index (κ2) is 5.17. The van der Waals surface area contributed by atoms with Crippen LogP contribution in [0.1, 0.15) is 29.8 Å². The fourth-order valence-corrected chi connectivity index (χ4v) is 2.67. The Labute approximate surface area is 113 Å². The number of nitrogens with zero attached hydrogens (tertiary/aromatic N) is 2. The zero-order valence-electron chi connectivity index (χ0n) is 11.0. The van der Waals surface area contributed by atoms with Crippen LogP contribution in [0.2, 0.25) is 0 Å². The van der Waals surface area contributed by atoms with Gasteiger partial charge in [0.15, 0.2) is 0 Å². The summed E-state index contributed by atoms with van der Waals surface area (Å²) in [5.74, 6) is 0.475. The first-order chi connectivity index (χ1) is 9.22. The summed E-state index contributed by atoms with van der Waals surface area (Å²) in [7, 11) is 0. The number of carbonyl (C=O) groups is 1. The maximum atomic E-state index is 11.9. The van der Waals surface area contributed by atoms with E-state index in [0.29, 0.717) is 17.3 Å². The smallest absolute Gasteiger partial charge is 0.269 e. The highest BCUT2D eigenvalue weighted by Gasteiger charge is 2.34. The van der Waals surface area contributed by atoms with Gasteiger partial charge in [-0.15, -0.1) is 0 Å². The standard InChI is InChI=1S/C14H20N4O/c15-11-1-4-13(16-8-11)14(19)17-7-10-5-6-18(9-10)12-2-3-12/h1,4,8,10,12H,2-3,5-7,9,15H2,(H,17,19). The molecule has 2 fully saturated rings. The average molecular weight is 260 g/mol. The fourth-order valence-electron chi connectivity index (χ4n) is 2.67. The quantitative estimate of drug-likeness (QED) is 0.843. The number of pyridine rings is 1. The maximum Gasteiger partial charge on any atom is 0.269 e. The van der Waals surface area contributed by atoms with Gasteiger partial charge in [0.1, 0.15) is 5.69 Å². The van der Waals surface area contributed by atoms with E-state index in [-0.39, 0.29) is 5.91 Å². The van der Waals surface area contributed by atoms with Crippen molar-refractivity contribution in [3.8, 4) is 0 Å². The van der Waals surface area contributed by atoms with Crippen LogP contribution in [0.5, 0.6) is 0 Å². The second-order valence-corrected chi connectivity index (χ2v) is 5.57. The predicted octanol–water partition coefficient (Wildman–Crippen LogP) is 0.878. The molecule has 1 aromatic heterocycles. The van der Waals surface area contributed by atoms with Crippen LogP contribution in [-0.4, -0.2) is 41.5 Å². The molecule has 0 bridgehead atoms. The van der Waals surface area contributed by atoms with Crippen molar-refractivity contribution < 1.29 is 4.79 Å². The van der Waals surface area contributed by atoms with Crippen molar-refractivity contribution in [2.24, 2.45) is 5.92 Å². The molecule has 102 valence electrons. The van der Waals surface area contributed by atoms with Crippen molar-refractivity contribution in [1.82, 2.24) is 15.2 Å². The summed E-state index contributed by atoms with van der Waals surface area (Å²) < 4.78 is 0. The van der Waals surface area contributed by atoms with E-state index in [2.05, 4.69) is 15.2 Å². The van der Waals surface area contributed by atoms with Crippen molar-refractivity contribution in [1.29, 1.82) is 0 Å². The summed E-state index contributed by atoms with van der Waals surface area (Å²) in [5, 5.41) is 2.97. The van der Waals surface area contributed by atoms with Crippen molar-refractivity contribution in [2.45, 2.75) is 25.3 Å². The molecule has 19 heavy (non-hydrogen) atoms. The lowest BCUT2D eigenvalue weighted by atomic mass is 10.1. The molecule has 3 N–H and O–H groups in total. The molecule has 0 spiro atoms. The maximum absolute atomic E-state index is 11.9. The Morgan fingerprint density at radius 3 is 2.95 bits per heavy atom. The van der Waals surface area contributed by atoms with E-state index in [4.69, 9.17) is 5.73 Å². The molecule has 1 saturated heterocycles. The third kappa shape index (κ3) is 3.04. The SMILES string of the molecule is Nc1ccc(C(=O)NCC2CCN(C3CC3)C2)nc1. The third-order valence-electron chi connectivity index (χ3n) is 3.95. The zero-order valence-corrected chi connectivity index (χ0v) is 11.0. The van der Waals surface area contributed by atoms with Crippen molar-refractivity contribution in [3.05, 3.63) is 24.0 Å². The van der Waals surface area contributed by atoms with Gasteiger partial charge < -0.3 is 16.0 Å². The van der Waals surface area contributed by atoms with Crippen LogP contribution in [0, 0.1) is 5.92 Å². The molecule has 2 heterocycles. The second-order valence-electron chi connectivity index (χ2n) is 5.57. The molecule has 1 aliphatic heterocycles. The van der Waals surface area contributed by atoms with E-state index in [0.717, 1.165) is 19.1 Å². The predicted molar refractivity (Wildman–Crippen MR) is 73.7 cm³/mol. The van der Waals surface area contributed by atoms with Gasteiger partial charge in [-0.2, -0.15) is 0 Å². The molecule has 0 aromatic carbocycles. The van der Waals surface area contributed by atoms with Crippen molar-refractivity contribution in [2.75, 3.05) is 25.4 Å². The molecular weight excluding hydrogens is 240 g/mol. The summed E-state index contributed by atoms with van der Waals surface area (Å²) in [4.78, 5) is 18.5. The average Bonchev–Trinajstić information content (AvgIpc) is 3.16. The van der Waals surface area contributed by atoms with Gasteiger partial charge >= 0.3 is 0 Å². The Hall–Kier alpha value is -1.62. The van der Waals surface area contributed by atoms with Crippen LogP contribution in [0.15, 0.2) is 18.3 Å². The van der Waals surface area contributed by atoms with Gasteiger partial charge in [-0.25, -0.2) is 4.98 Å². The lowest BCUT2D eigenvalue weighted by Gasteiger charge is -2.15. The lowest BCUT2D eigenvalue weighted by molar-refractivity contribution is 0.0942. The first-order valence-corrected chi connectivity index (χ1v) is 6.96. The number of anilines is 1. The minimum atomic E-state index is -0.107. The van der Waals surface area contributed by atoms with Crippen LogP contribution in [-0.2, 0) is 0 Å². The van der Waals surface area contributed by atoms with E-state index in [9.17, 15) is 4.79 Å². The topological polar surface area (TPSA) is 71.2 Å². The van der Waals surface area contributed by atoms with Gasteiger partial charge in [-0.3, -0.25) is 4.79 Å². The number of rotatable bonds is 4. The number of likely N-dealkylation sites (tertiary alicyclic amines) is 1. The summed E-state index contributed by atoms with van der Waals surface area (Å²) in [6.07, 6.45) is 5.41. The van der Waals surface area contributed by atoms with Crippen LogP contribution in [0.25, 0.3) is 0 Å². The number of aromatic nitrogens is 1. The van der Waals surface area contributed by atoms with Crippen LogP contribution < -0.4 is 11.1 Å². The highest BCUT2D eigenvalue weighted by molar-refractivity contribution is 5.92. The minimum absolute atomic E-state index is 0.107. The van der Waals surface area contributed by atoms with Crippen LogP contribution in [0.3, 0.4) is 0 Å². The largest absolute Gasteiger partial charge is 0.397 e. The first-order valence-electron chi connectivity index (χ1n) is 6.96. The molecule has 1 aromatic rings. The molecule has 5 heteroatoms. The van der Waals surface area contributed by atoms with Crippen LogP contribution >= 0.6 is 0 Å². The van der Waals surface area contributed by atoms with E-state index in [1.807, 2.05) is 0 Å². The summed E-state index contributed by atoms with van der Waals surface area (Å²) in [6, 6.07) is 4.20. The molecule has 1 atom stereocenters. The number of amides is 1. The molecular formula is C14H20N4O. The van der Waals surface area contributed by atoms with Gasteiger partial charge in [0.2, 0.25) is 0 Å². The fraction of sp³-hybridized carbons (Fsp3) is 0.571. The van der Waals surface area contributed by atoms with E-state index in [1.165, 1.54) is 32.0 Å². The third-order valence-corrected chi connectivity index (χ3v) is 3.95. The normalized spacial score (nSPS) is 23.5. The monoisotopic (exact) mass is 260 g/mol. The summed E-state index contributed by atoms with van der Waals surface area (Å²) in [6.45, 7) is 3.06. The Morgan fingerprint density at radius 2 is 2.26 bits per heavy atom. The Bertz CT molecular complexity index is 455. The van der Waals surface area contributed by atoms with Crippen LogP contribution in [0.4, 0.5) is 5.69 Å². The van der Waals surface area contributed by atoms with Crippen molar-refractivity contribution >= 4 is 11.6 Å². The molecule has 1 saturated carbocycles. The minimum Gasteiger partial charge on any atom is -0.397 e. The Morgan fingerprint density at radius 1 is 1.42 bits per heavy atom. The number of nitrogens with one attached hydrogen (secondary N) is 1. The van der Waals surface area contributed by atoms with Gasteiger partial charge in [0.25, 0.3) is 5.91 Å². The van der Waals surface area contributed by atoms with E-state index >= 15 is 0 Å². The number of carbonyl (C=O) groups excluding carboxylic acids is 1. The zero-order chi connectivity index (χ0) is 13.2. The molecule has 1 unspecified atom stereocenters. The Kier molecular flexibility index (Phi) is 3.38. The Balaban J connectivity index is 1.46. The summed E-state index contributed by atoms with van der Waals surface area (Å²) in [5.41, 5.74) is 6.56. The molecule has 1 amide bonds. The molecule has 2 aliphatic rings. The van der Waals surface area contributed by atoms with E-state index < -0.39 is 0 Å². The number of nitrogen functional groups attached to an aromatic ring is 1. The highest BCUT2D eigenvalue weighted by atomic mass is 16.1. The molecule has 1 aliphatic carbocycles.